The molecule has 0 radical (unpaired) electrons. The molecule has 0 spiro atoms. The number of nitrogens with one attached hydrogen (secondary N) is 1. The summed E-state index contributed by atoms with van der Waals surface area (Å²) >= 11 is 0. The molecule has 0 bridgehead atoms. The Labute approximate surface area is 146 Å². The maximum Gasteiger partial charge on any atom is 0.266 e. The predicted molar refractivity (Wildman–Crippen MR) is 96.2 cm³/mol. The molecule has 5 heteroatoms. The van der Waals surface area contributed by atoms with E-state index in [1.807, 2.05) is 68.6 Å². The van der Waals surface area contributed by atoms with Crippen LogP contribution in [0.15, 0.2) is 60.9 Å². The molecule has 0 fully saturated rings. The molecule has 3 aromatic rings. The second-order valence-electron chi connectivity index (χ2n) is 6.30. The van der Waals surface area contributed by atoms with E-state index in [0.717, 1.165) is 28.3 Å². The Balaban J connectivity index is 1.57. The van der Waals surface area contributed by atoms with E-state index in [0.29, 0.717) is 0 Å². The molecule has 0 aliphatic carbocycles. The summed E-state index contributed by atoms with van der Waals surface area (Å²) in [7, 11) is 0. The second kappa shape index (κ2) is 6.09. The molecule has 0 saturated carbocycles. The average Bonchev–Trinajstić information content (AvgIpc) is 3.26. The summed E-state index contributed by atoms with van der Waals surface area (Å²) in [6.45, 7) is 3.99. The topological polar surface area (TPSA) is 56.2 Å². The van der Waals surface area contributed by atoms with Gasteiger partial charge in [0.25, 0.3) is 5.91 Å². The van der Waals surface area contributed by atoms with Crippen LogP contribution in [-0.4, -0.2) is 21.8 Å². The lowest BCUT2D eigenvalue weighted by Gasteiger charge is -2.17. The van der Waals surface area contributed by atoms with E-state index in [9.17, 15) is 4.79 Å². The van der Waals surface area contributed by atoms with Crippen LogP contribution in [0, 0.1) is 6.92 Å². The zero-order chi connectivity index (χ0) is 17.4. The van der Waals surface area contributed by atoms with Gasteiger partial charge in [-0.3, -0.25) is 4.79 Å². The lowest BCUT2D eigenvalue weighted by molar-refractivity contribution is -0.122. The average molecular weight is 333 g/mol. The first-order valence-electron chi connectivity index (χ1n) is 8.30. The fraction of sp³-hybridized carbons (Fsp3) is 0.200. The molecule has 1 aliphatic heterocycles. The molecule has 2 heterocycles. The van der Waals surface area contributed by atoms with Gasteiger partial charge < -0.3 is 10.1 Å². The molecule has 1 aliphatic rings. The van der Waals surface area contributed by atoms with Crippen molar-refractivity contribution in [3.05, 3.63) is 72.1 Å². The van der Waals surface area contributed by atoms with Crippen LogP contribution in [0.2, 0.25) is 0 Å². The first-order valence-corrected chi connectivity index (χ1v) is 8.30. The number of rotatable bonds is 3. The fourth-order valence-electron chi connectivity index (χ4n) is 3.16. The Hall–Kier alpha value is -3.08. The van der Waals surface area contributed by atoms with E-state index in [4.69, 9.17) is 4.74 Å². The van der Waals surface area contributed by atoms with Crippen LogP contribution in [0.4, 0.5) is 5.69 Å². The van der Waals surface area contributed by atoms with E-state index < -0.39 is 6.10 Å². The van der Waals surface area contributed by atoms with Crippen molar-refractivity contribution in [1.29, 1.82) is 0 Å². The smallest absolute Gasteiger partial charge is 0.266 e. The molecular formula is C20H19N3O2. The summed E-state index contributed by atoms with van der Waals surface area (Å²) in [6, 6.07) is 15.5. The summed E-state index contributed by atoms with van der Waals surface area (Å²) in [5.74, 6) is 0.674. The van der Waals surface area contributed by atoms with E-state index in [2.05, 4.69) is 10.4 Å². The predicted octanol–water partition coefficient (Wildman–Crippen LogP) is 3.68. The fourth-order valence-corrected chi connectivity index (χ4v) is 3.16. The Morgan fingerprint density at radius 2 is 2.04 bits per heavy atom. The van der Waals surface area contributed by atoms with Crippen molar-refractivity contribution in [1.82, 2.24) is 9.78 Å². The molecule has 1 aromatic heterocycles. The highest BCUT2D eigenvalue weighted by atomic mass is 16.5. The number of anilines is 1. The van der Waals surface area contributed by atoms with Gasteiger partial charge in [-0.15, -0.1) is 0 Å². The van der Waals surface area contributed by atoms with Crippen LogP contribution in [0.5, 0.6) is 5.75 Å². The highest BCUT2D eigenvalue weighted by molar-refractivity contribution is 5.96. The highest BCUT2D eigenvalue weighted by Crippen LogP contribution is 2.38. The molecule has 1 N–H and O–H groups in total. The number of ether oxygens (including phenoxy) is 1. The Bertz CT molecular complexity index is 918. The number of hydrogen-bond donors (Lipinski definition) is 1. The third-order valence-corrected chi connectivity index (χ3v) is 4.62. The summed E-state index contributed by atoms with van der Waals surface area (Å²) in [5.41, 5.74) is 3.73. The number of fused-ring (bicyclic) bond motifs is 1. The molecule has 0 unspecified atom stereocenters. The van der Waals surface area contributed by atoms with Crippen molar-refractivity contribution in [3.8, 4) is 11.4 Å². The third kappa shape index (κ3) is 2.78. The second-order valence-corrected chi connectivity index (χ2v) is 6.30. The number of carbonyl (C=O) groups is 1. The van der Waals surface area contributed by atoms with Crippen molar-refractivity contribution in [2.75, 3.05) is 5.32 Å². The largest absolute Gasteiger partial charge is 0.480 e. The lowest BCUT2D eigenvalue weighted by atomic mass is 9.97. The minimum absolute atomic E-state index is 0.0193. The molecule has 4 rings (SSSR count). The van der Waals surface area contributed by atoms with Crippen LogP contribution >= 0.6 is 0 Å². The van der Waals surface area contributed by atoms with Gasteiger partial charge in [0.2, 0.25) is 0 Å². The van der Waals surface area contributed by atoms with Crippen molar-refractivity contribution >= 4 is 11.6 Å². The normalized spacial score (nSPS) is 18.5. The van der Waals surface area contributed by atoms with Crippen LogP contribution in [0.1, 0.15) is 24.0 Å². The number of benzene rings is 2. The minimum Gasteiger partial charge on any atom is -0.480 e. The molecule has 25 heavy (non-hydrogen) atoms. The van der Waals surface area contributed by atoms with Gasteiger partial charge >= 0.3 is 0 Å². The van der Waals surface area contributed by atoms with Gasteiger partial charge in [0, 0.05) is 29.6 Å². The van der Waals surface area contributed by atoms with Crippen molar-refractivity contribution in [2.24, 2.45) is 0 Å². The monoisotopic (exact) mass is 333 g/mol. The van der Waals surface area contributed by atoms with Crippen LogP contribution < -0.4 is 10.1 Å². The minimum atomic E-state index is -0.523. The van der Waals surface area contributed by atoms with E-state index >= 15 is 0 Å². The number of aromatic nitrogens is 2. The molecular weight excluding hydrogens is 314 g/mol. The van der Waals surface area contributed by atoms with Gasteiger partial charge in [0.15, 0.2) is 6.10 Å². The number of hydrogen-bond acceptors (Lipinski definition) is 3. The number of aryl methyl sites for hydroxylation is 1. The zero-order valence-corrected chi connectivity index (χ0v) is 14.1. The van der Waals surface area contributed by atoms with Gasteiger partial charge in [-0.2, -0.15) is 5.10 Å². The van der Waals surface area contributed by atoms with Gasteiger partial charge in [-0.25, -0.2) is 4.68 Å². The standard InChI is InChI=1S/C20H19N3O2/c1-13-8-9-15(23-11-5-10-21-23)12-17(13)22-20(24)19-14(2)16-6-3-4-7-18(16)25-19/h3-12,14,19H,1-2H3,(H,22,24)/t14-,19-/m0/s1. The summed E-state index contributed by atoms with van der Waals surface area (Å²) < 4.78 is 7.63. The lowest BCUT2D eigenvalue weighted by Crippen LogP contribution is -2.33. The maximum atomic E-state index is 12.8. The number of nitrogens with zero attached hydrogens (tertiary/aromatic N) is 2. The number of amides is 1. The summed E-state index contributed by atoms with van der Waals surface area (Å²) in [5, 5.41) is 7.25. The number of carbonyl (C=O) groups excluding carboxylic acids is 1. The van der Waals surface area contributed by atoms with E-state index in [1.165, 1.54) is 0 Å². The number of para-hydroxylation sites is 1. The summed E-state index contributed by atoms with van der Waals surface area (Å²) in [6.07, 6.45) is 3.07. The highest BCUT2D eigenvalue weighted by Gasteiger charge is 2.36. The van der Waals surface area contributed by atoms with Gasteiger partial charge in [0.05, 0.1) is 5.69 Å². The van der Waals surface area contributed by atoms with Crippen LogP contribution in [0.25, 0.3) is 5.69 Å². The molecule has 0 saturated heterocycles. The maximum absolute atomic E-state index is 12.8. The van der Waals surface area contributed by atoms with Gasteiger partial charge in [-0.05, 0) is 36.8 Å². The molecule has 1 amide bonds. The Morgan fingerprint density at radius 1 is 1.20 bits per heavy atom. The molecule has 2 atom stereocenters. The van der Waals surface area contributed by atoms with Crippen molar-refractivity contribution < 1.29 is 9.53 Å². The van der Waals surface area contributed by atoms with Gasteiger partial charge in [-0.1, -0.05) is 31.2 Å². The molecule has 5 nitrogen and oxygen atoms in total. The third-order valence-electron chi connectivity index (χ3n) is 4.62. The van der Waals surface area contributed by atoms with E-state index in [1.54, 1.807) is 10.9 Å². The Kier molecular flexibility index (Phi) is 3.76. The summed E-state index contributed by atoms with van der Waals surface area (Å²) in [4.78, 5) is 12.8. The molecule has 2 aromatic carbocycles. The van der Waals surface area contributed by atoms with Crippen molar-refractivity contribution in [3.63, 3.8) is 0 Å². The first-order chi connectivity index (χ1) is 12.1. The molecule has 126 valence electrons. The Morgan fingerprint density at radius 3 is 2.80 bits per heavy atom. The van der Waals surface area contributed by atoms with Gasteiger partial charge in [0.1, 0.15) is 5.75 Å². The van der Waals surface area contributed by atoms with Crippen LogP contribution in [-0.2, 0) is 4.79 Å². The SMILES string of the molecule is Cc1ccc(-n2cccn2)cc1NC(=O)[C@H]1Oc2ccccc2[C@@H]1C. The zero-order valence-electron chi connectivity index (χ0n) is 14.1. The quantitative estimate of drug-likeness (QED) is 0.795. The van der Waals surface area contributed by atoms with Crippen LogP contribution in [0.3, 0.4) is 0 Å². The first kappa shape index (κ1) is 15.4. The van der Waals surface area contributed by atoms with E-state index in [-0.39, 0.29) is 11.8 Å². The van der Waals surface area contributed by atoms with Crippen molar-refractivity contribution in [2.45, 2.75) is 25.9 Å².